The first kappa shape index (κ1) is 18.0. The number of pyridine rings is 1. The number of halogens is 1. The minimum atomic E-state index is -0.119. The van der Waals surface area contributed by atoms with Crippen molar-refractivity contribution in [3.63, 3.8) is 0 Å². The van der Waals surface area contributed by atoms with Gasteiger partial charge < -0.3 is 9.47 Å². The molecule has 2 aromatic carbocycles. The second-order valence-electron chi connectivity index (χ2n) is 6.77. The molecule has 138 valence electrons. The summed E-state index contributed by atoms with van der Waals surface area (Å²) in [5.41, 5.74) is 2.91. The number of carbonyl (C=O) groups is 1. The van der Waals surface area contributed by atoms with E-state index in [9.17, 15) is 9.59 Å². The molecule has 27 heavy (non-hydrogen) atoms. The number of rotatable bonds is 5. The van der Waals surface area contributed by atoms with Gasteiger partial charge in [-0.25, -0.2) is 0 Å². The lowest BCUT2D eigenvalue weighted by Gasteiger charge is -2.20. The van der Waals surface area contributed by atoms with E-state index in [1.54, 1.807) is 18.2 Å². The number of likely N-dealkylation sites (N-methyl/N-ethyl adjacent to an activating group) is 1. The fourth-order valence-corrected chi connectivity index (χ4v) is 4.12. The van der Waals surface area contributed by atoms with E-state index in [2.05, 4.69) is 18.7 Å². The molecule has 0 radical (unpaired) electrons. The summed E-state index contributed by atoms with van der Waals surface area (Å²) in [5, 5.41) is 1.32. The molecule has 1 aromatic heterocycles. The molecule has 1 heterocycles. The number of para-hydroxylation sites is 1. The maximum absolute atomic E-state index is 13.4. The summed E-state index contributed by atoms with van der Waals surface area (Å²) in [6.45, 7) is 7.49. The molecule has 0 saturated heterocycles. The number of benzene rings is 2. The number of fused-ring (bicyclic) bond motifs is 5. The highest BCUT2D eigenvalue weighted by molar-refractivity contribution is 6.33. The number of carbonyl (C=O) groups excluding carboxylic acids is 1. The predicted octanol–water partition coefficient (Wildman–Crippen LogP) is 4.21. The van der Waals surface area contributed by atoms with Gasteiger partial charge in [0.05, 0.1) is 11.1 Å². The van der Waals surface area contributed by atoms with E-state index in [1.165, 1.54) is 0 Å². The van der Waals surface area contributed by atoms with Gasteiger partial charge in [-0.05, 0) is 36.9 Å². The molecule has 4 nitrogen and oxygen atoms in total. The van der Waals surface area contributed by atoms with Crippen molar-refractivity contribution < 1.29 is 4.79 Å². The first-order valence-electron chi connectivity index (χ1n) is 9.29. The van der Waals surface area contributed by atoms with E-state index in [0.717, 1.165) is 30.5 Å². The van der Waals surface area contributed by atoms with Crippen LogP contribution in [0.2, 0.25) is 5.02 Å². The Morgan fingerprint density at radius 3 is 2.44 bits per heavy atom. The zero-order chi connectivity index (χ0) is 19.1. The van der Waals surface area contributed by atoms with E-state index in [1.807, 2.05) is 28.8 Å². The third-order valence-electron chi connectivity index (χ3n) is 5.43. The van der Waals surface area contributed by atoms with Gasteiger partial charge in [-0.15, -0.1) is 0 Å². The third kappa shape index (κ3) is 2.80. The van der Waals surface area contributed by atoms with Crippen molar-refractivity contribution >= 4 is 28.3 Å². The average Bonchev–Trinajstić information content (AvgIpc) is 2.97. The number of ketones is 1. The maximum Gasteiger partial charge on any atom is 0.259 e. The highest BCUT2D eigenvalue weighted by atomic mass is 35.5. The second-order valence-corrected chi connectivity index (χ2v) is 7.21. The molecule has 1 aliphatic carbocycles. The average molecular weight is 381 g/mol. The fourth-order valence-electron chi connectivity index (χ4n) is 3.95. The molecule has 5 heteroatoms. The lowest BCUT2D eigenvalue weighted by atomic mass is 10.0. The van der Waals surface area contributed by atoms with Gasteiger partial charge in [0.1, 0.15) is 0 Å². The maximum atomic E-state index is 13.4. The SMILES string of the molecule is CCN(CC)CCn1c(=O)c2c(c3ccccc31)C(=O)c1cc(Cl)ccc1-2. The molecule has 0 amide bonds. The lowest BCUT2D eigenvalue weighted by Crippen LogP contribution is -2.32. The van der Waals surface area contributed by atoms with Crippen molar-refractivity contribution in [2.24, 2.45) is 0 Å². The van der Waals surface area contributed by atoms with Gasteiger partial charge in [0.25, 0.3) is 5.56 Å². The lowest BCUT2D eigenvalue weighted by molar-refractivity contribution is 0.104. The third-order valence-corrected chi connectivity index (χ3v) is 5.67. The van der Waals surface area contributed by atoms with Crippen molar-refractivity contribution in [3.8, 4) is 11.1 Å². The number of aromatic nitrogens is 1. The molecule has 0 bridgehead atoms. The highest BCUT2D eigenvalue weighted by Crippen LogP contribution is 2.39. The molecule has 0 saturated carbocycles. The van der Waals surface area contributed by atoms with Gasteiger partial charge in [0, 0.05) is 34.6 Å². The molecule has 0 aliphatic heterocycles. The van der Waals surface area contributed by atoms with Crippen LogP contribution in [-0.2, 0) is 6.54 Å². The summed E-state index contributed by atoms with van der Waals surface area (Å²) in [5.74, 6) is -0.119. The van der Waals surface area contributed by atoms with Crippen LogP contribution in [0.4, 0.5) is 0 Å². The molecule has 3 aromatic rings. The zero-order valence-electron chi connectivity index (χ0n) is 15.5. The fraction of sp³-hybridized carbons (Fsp3) is 0.273. The van der Waals surface area contributed by atoms with Gasteiger partial charge in [-0.3, -0.25) is 9.59 Å². The predicted molar refractivity (Wildman–Crippen MR) is 110 cm³/mol. The van der Waals surface area contributed by atoms with Crippen LogP contribution in [0.5, 0.6) is 0 Å². The summed E-state index contributed by atoms with van der Waals surface area (Å²) in [7, 11) is 0. The highest BCUT2D eigenvalue weighted by Gasteiger charge is 2.32. The van der Waals surface area contributed by atoms with Crippen molar-refractivity contribution in [2.75, 3.05) is 19.6 Å². The smallest absolute Gasteiger partial charge is 0.259 e. The Morgan fingerprint density at radius 2 is 1.70 bits per heavy atom. The van der Waals surface area contributed by atoms with Crippen molar-refractivity contribution in [1.29, 1.82) is 0 Å². The first-order valence-corrected chi connectivity index (χ1v) is 9.67. The number of hydrogen-bond acceptors (Lipinski definition) is 3. The summed E-state index contributed by atoms with van der Waals surface area (Å²) in [4.78, 5) is 28.8. The van der Waals surface area contributed by atoms with Crippen LogP contribution in [0.15, 0.2) is 47.3 Å². The molecule has 0 N–H and O–H groups in total. The van der Waals surface area contributed by atoms with Crippen LogP contribution < -0.4 is 5.56 Å². The van der Waals surface area contributed by atoms with E-state index >= 15 is 0 Å². The largest absolute Gasteiger partial charge is 0.306 e. The Balaban J connectivity index is 1.97. The second kappa shape index (κ2) is 6.95. The van der Waals surface area contributed by atoms with Crippen LogP contribution in [0.3, 0.4) is 0 Å². The summed E-state index contributed by atoms with van der Waals surface area (Å²) < 4.78 is 1.81. The Morgan fingerprint density at radius 1 is 0.963 bits per heavy atom. The van der Waals surface area contributed by atoms with E-state index in [-0.39, 0.29) is 11.3 Å². The van der Waals surface area contributed by atoms with Gasteiger partial charge in [-0.1, -0.05) is 49.7 Å². The summed E-state index contributed by atoms with van der Waals surface area (Å²) >= 11 is 6.10. The Hall–Kier alpha value is -2.43. The van der Waals surface area contributed by atoms with Crippen molar-refractivity contribution in [2.45, 2.75) is 20.4 Å². The minimum Gasteiger partial charge on any atom is -0.306 e. The molecule has 0 unspecified atom stereocenters. The van der Waals surface area contributed by atoms with Crippen LogP contribution in [0.25, 0.3) is 22.0 Å². The van der Waals surface area contributed by atoms with E-state index in [0.29, 0.717) is 33.8 Å². The molecule has 0 spiro atoms. The topological polar surface area (TPSA) is 42.3 Å². The molecule has 1 aliphatic rings. The molecule has 0 fully saturated rings. The van der Waals surface area contributed by atoms with E-state index < -0.39 is 0 Å². The zero-order valence-corrected chi connectivity index (χ0v) is 16.2. The minimum absolute atomic E-state index is 0.106. The van der Waals surface area contributed by atoms with E-state index in [4.69, 9.17) is 11.6 Å². The number of hydrogen-bond donors (Lipinski definition) is 0. The van der Waals surface area contributed by atoms with Crippen molar-refractivity contribution in [1.82, 2.24) is 9.47 Å². The molecule has 0 atom stereocenters. The monoisotopic (exact) mass is 380 g/mol. The molecular formula is C22H21ClN2O2. The van der Waals surface area contributed by atoms with Crippen LogP contribution in [-0.4, -0.2) is 34.9 Å². The van der Waals surface area contributed by atoms with Crippen LogP contribution >= 0.6 is 11.6 Å². The first-order chi connectivity index (χ1) is 13.1. The normalized spacial score (nSPS) is 12.7. The van der Waals surface area contributed by atoms with Gasteiger partial charge >= 0.3 is 0 Å². The standard InChI is InChI=1S/C22H21ClN2O2/c1-3-24(4-2)11-12-25-18-8-6-5-7-16(18)19-20(22(25)27)15-10-9-14(23)13-17(15)21(19)26/h5-10,13H,3-4,11-12H2,1-2H3. The molecular weight excluding hydrogens is 360 g/mol. The van der Waals surface area contributed by atoms with Gasteiger partial charge in [0.15, 0.2) is 5.78 Å². The Kier molecular flexibility index (Phi) is 4.62. The summed E-state index contributed by atoms with van der Waals surface area (Å²) in [6, 6.07) is 12.8. The molecule has 4 rings (SSSR count). The van der Waals surface area contributed by atoms with Gasteiger partial charge in [-0.2, -0.15) is 0 Å². The van der Waals surface area contributed by atoms with Crippen molar-refractivity contribution in [3.05, 3.63) is 69.0 Å². The Bertz CT molecular complexity index is 1110. The Labute approximate surface area is 163 Å². The quantitative estimate of drug-likeness (QED) is 0.521. The number of nitrogens with zero attached hydrogens (tertiary/aromatic N) is 2. The van der Waals surface area contributed by atoms with Gasteiger partial charge in [0.2, 0.25) is 0 Å². The summed E-state index contributed by atoms with van der Waals surface area (Å²) in [6.07, 6.45) is 0. The van der Waals surface area contributed by atoms with Crippen LogP contribution in [0, 0.1) is 0 Å². The van der Waals surface area contributed by atoms with Crippen LogP contribution in [0.1, 0.15) is 29.8 Å².